The maximum atomic E-state index is 12.5. The molecule has 0 fully saturated rings. The van der Waals surface area contributed by atoms with Gasteiger partial charge in [0, 0.05) is 22.2 Å². The Kier molecular flexibility index (Phi) is 7.05. The predicted molar refractivity (Wildman–Crippen MR) is 132 cm³/mol. The molecule has 34 heavy (non-hydrogen) atoms. The summed E-state index contributed by atoms with van der Waals surface area (Å²) in [6, 6.07) is 19.1. The molecule has 0 aliphatic heterocycles. The zero-order valence-corrected chi connectivity index (χ0v) is 19.4. The monoisotopic (exact) mass is 495 g/mol. The third-order valence-electron chi connectivity index (χ3n) is 4.79. The second-order valence-corrected chi connectivity index (χ2v) is 8.59. The Morgan fingerprint density at radius 2 is 1.97 bits per heavy atom. The van der Waals surface area contributed by atoms with Crippen LogP contribution in [-0.2, 0) is 6.61 Å². The number of nitro groups is 1. The van der Waals surface area contributed by atoms with Crippen LogP contribution in [0.3, 0.4) is 0 Å². The highest BCUT2D eigenvalue weighted by atomic mass is 35.5. The topological polar surface area (TPSA) is 103 Å². The van der Waals surface area contributed by atoms with Crippen LogP contribution in [0.1, 0.15) is 20.8 Å². The molecule has 0 aliphatic rings. The van der Waals surface area contributed by atoms with Gasteiger partial charge in [0.2, 0.25) is 0 Å². The molecule has 4 aromatic rings. The molecular weight excluding hydrogens is 478 g/mol. The number of nitrogens with one attached hydrogen (secondary N) is 1. The van der Waals surface area contributed by atoms with Crippen LogP contribution in [-0.4, -0.2) is 24.2 Å². The normalized spacial score (nSPS) is 11.0. The molecule has 0 unspecified atom stereocenters. The van der Waals surface area contributed by atoms with Gasteiger partial charge in [-0.2, -0.15) is 5.10 Å². The lowest BCUT2D eigenvalue weighted by atomic mass is 10.2. The maximum Gasteiger partial charge on any atom is 0.281 e. The minimum atomic E-state index is -0.474. The van der Waals surface area contributed by atoms with Crippen molar-refractivity contribution in [2.45, 2.75) is 6.61 Å². The van der Waals surface area contributed by atoms with Gasteiger partial charge < -0.3 is 9.47 Å². The SMILES string of the molecule is COc1cc(C=NNC(=O)c2cc3cc([N+](=O)[O-])ccc3s2)cc(Cl)c1OCc1ccccc1. The standard InChI is InChI=1S/C24H18ClN3O5S/c1-32-20-10-16(9-19(25)23(20)33-14-15-5-3-2-4-6-15)13-26-27-24(29)22-12-17-11-18(28(30)31)7-8-21(17)34-22/h2-13H,14H2,1H3,(H,27,29). The molecule has 10 heteroatoms. The van der Waals surface area contributed by atoms with E-state index in [9.17, 15) is 14.9 Å². The average molecular weight is 496 g/mol. The van der Waals surface area contributed by atoms with Crippen molar-refractivity contribution in [3.63, 3.8) is 0 Å². The van der Waals surface area contributed by atoms with Crippen LogP contribution in [0.5, 0.6) is 11.5 Å². The number of methoxy groups -OCH3 is 1. The van der Waals surface area contributed by atoms with E-state index in [2.05, 4.69) is 10.5 Å². The summed E-state index contributed by atoms with van der Waals surface area (Å²) in [6.45, 7) is 0.332. The molecule has 0 bridgehead atoms. The second-order valence-electron chi connectivity index (χ2n) is 7.10. The summed E-state index contributed by atoms with van der Waals surface area (Å²) in [4.78, 5) is 23.3. The molecule has 0 radical (unpaired) electrons. The molecule has 0 aliphatic carbocycles. The van der Waals surface area contributed by atoms with Gasteiger partial charge in [-0.3, -0.25) is 14.9 Å². The summed E-state index contributed by atoms with van der Waals surface area (Å²) in [5.41, 5.74) is 4.01. The van der Waals surface area contributed by atoms with Crippen LogP contribution in [0.15, 0.2) is 71.8 Å². The van der Waals surface area contributed by atoms with Crippen molar-refractivity contribution < 1.29 is 19.2 Å². The molecule has 1 aromatic heterocycles. The Labute approximate surface area is 203 Å². The highest BCUT2D eigenvalue weighted by Gasteiger charge is 2.14. The molecule has 3 aromatic carbocycles. The Hall–Kier alpha value is -3.95. The number of halogens is 1. The van der Waals surface area contributed by atoms with Crippen molar-refractivity contribution in [3.8, 4) is 11.5 Å². The van der Waals surface area contributed by atoms with Gasteiger partial charge in [0.1, 0.15) is 6.61 Å². The predicted octanol–water partition coefficient (Wildman–Crippen LogP) is 5.81. The average Bonchev–Trinajstić information content (AvgIpc) is 3.27. The van der Waals surface area contributed by atoms with Crippen LogP contribution in [0.2, 0.25) is 5.02 Å². The summed E-state index contributed by atoms with van der Waals surface area (Å²) in [5.74, 6) is 0.414. The first kappa shape index (κ1) is 23.2. The van der Waals surface area contributed by atoms with Gasteiger partial charge in [0.15, 0.2) is 11.5 Å². The van der Waals surface area contributed by atoms with Gasteiger partial charge in [-0.15, -0.1) is 11.3 Å². The number of fused-ring (bicyclic) bond motifs is 1. The minimum absolute atomic E-state index is 0.0303. The number of hydrazone groups is 1. The van der Waals surface area contributed by atoms with E-state index in [1.165, 1.54) is 36.8 Å². The van der Waals surface area contributed by atoms with E-state index >= 15 is 0 Å². The number of nitro benzene ring substituents is 1. The number of nitrogens with zero attached hydrogens (tertiary/aromatic N) is 2. The Morgan fingerprint density at radius 3 is 2.71 bits per heavy atom. The van der Waals surface area contributed by atoms with E-state index in [1.807, 2.05) is 30.3 Å². The largest absolute Gasteiger partial charge is 0.493 e. The number of amides is 1. The van der Waals surface area contributed by atoms with E-state index in [4.69, 9.17) is 21.1 Å². The first-order valence-corrected chi connectivity index (χ1v) is 11.2. The van der Waals surface area contributed by atoms with Crippen molar-refractivity contribution in [3.05, 3.63) is 97.9 Å². The molecule has 0 saturated carbocycles. The number of ether oxygens (including phenoxy) is 2. The number of carbonyl (C=O) groups excluding carboxylic acids is 1. The van der Waals surface area contributed by atoms with Crippen LogP contribution in [0, 0.1) is 10.1 Å². The van der Waals surface area contributed by atoms with E-state index in [0.29, 0.717) is 39.0 Å². The van der Waals surface area contributed by atoms with Crippen LogP contribution < -0.4 is 14.9 Å². The first-order valence-electron chi connectivity index (χ1n) is 10.0. The second kappa shape index (κ2) is 10.3. The van der Waals surface area contributed by atoms with Crippen LogP contribution >= 0.6 is 22.9 Å². The quantitative estimate of drug-likeness (QED) is 0.188. The molecule has 1 N–H and O–H groups in total. The van der Waals surface area contributed by atoms with E-state index < -0.39 is 10.8 Å². The fraction of sp³-hybridized carbons (Fsp3) is 0.0833. The van der Waals surface area contributed by atoms with E-state index in [1.54, 1.807) is 24.3 Å². The van der Waals surface area contributed by atoms with E-state index in [0.717, 1.165) is 10.3 Å². The van der Waals surface area contributed by atoms with Crippen molar-refractivity contribution in [1.82, 2.24) is 5.43 Å². The van der Waals surface area contributed by atoms with Gasteiger partial charge >= 0.3 is 0 Å². The lowest BCUT2D eigenvalue weighted by molar-refractivity contribution is -0.384. The summed E-state index contributed by atoms with van der Waals surface area (Å²) in [6.07, 6.45) is 1.44. The molecule has 1 heterocycles. The minimum Gasteiger partial charge on any atom is -0.493 e. The van der Waals surface area contributed by atoms with Crippen molar-refractivity contribution >= 4 is 50.8 Å². The maximum absolute atomic E-state index is 12.5. The van der Waals surface area contributed by atoms with Gasteiger partial charge in [-0.25, -0.2) is 5.43 Å². The first-order chi connectivity index (χ1) is 16.4. The van der Waals surface area contributed by atoms with Gasteiger partial charge in [0.25, 0.3) is 11.6 Å². The number of benzene rings is 3. The zero-order valence-electron chi connectivity index (χ0n) is 17.9. The number of hydrogen-bond donors (Lipinski definition) is 1. The van der Waals surface area contributed by atoms with Gasteiger partial charge in [-0.05, 0) is 35.4 Å². The third kappa shape index (κ3) is 5.33. The molecule has 0 spiro atoms. The number of non-ortho nitro benzene ring substituents is 1. The number of thiophene rings is 1. The van der Waals surface area contributed by atoms with Crippen molar-refractivity contribution in [2.75, 3.05) is 7.11 Å². The third-order valence-corrected chi connectivity index (χ3v) is 6.19. The van der Waals surface area contributed by atoms with Crippen molar-refractivity contribution in [2.24, 2.45) is 5.10 Å². The Balaban J connectivity index is 1.44. The molecular formula is C24H18ClN3O5S. The molecule has 0 atom stereocenters. The van der Waals surface area contributed by atoms with Crippen molar-refractivity contribution in [1.29, 1.82) is 0 Å². The van der Waals surface area contributed by atoms with Gasteiger partial charge in [0.05, 0.1) is 28.1 Å². The zero-order chi connectivity index (χ0) is 24.1. The van der Waals surface area contributed by atoms with Crippen LogP contribution in [0.4, 0.5) is 5.69 Å². The lowest BCUT2D eigenvalue weighted by Gasteiger charge is -2.13. The van der Waals surface area contributed by atoms with Crippen LogP contribution in [0.25, 0.3) is 10.1 Å². The summed E-state index contributed by atoms with van der Waals surface area (Å²) < 4.78 is 12.0. The number of rotatable bonds is 8. The molecule has 172 valence electrons. The Bertz CT molecular complexity index is 1390. The molecule has 0 saturated heterocycles. The molecule has 8 nitrogen and oxygen atoms in total. The fourth-order valence-electron chi connectivity index (χ4n) is 3.16. The number of hydrogen-bond acceptors (Lipinski definition) is 7. The highest BCUT2D eigenvalue weighted by Crippen LogP contribution is 2.36. The summed E-state index contributed by atoms with van der Waals surface area (Å²) >= 11 is 7.62. The van der Waals surface area contributed by atoms with Gasteiger partial charge in [-0.1, -0.05) is 41.9 Å². The Morgan fingerprint density at radius 1 is 1.18 bits per heavy atom. The molecule has 4 rings (SSSR count). The smallest absolute Gasteiger partial charge is 0.281 e. The number of carbonyl (C=O) groups is 1. The van der Waals surface area contributed by atoms with E-state index in [-0.39, 0.29) is 5.69 Å². The molecule has 1 amide bonds. The lowest BCUT2D eigenvalue weighted by Crippen LogP contribution is -2.16. The fourth-order valence-corrected chi connectivity index (χ4v) is 4.37. The summed E-state index contributed by atoms with van der Waals surface area (Å²) in [7, 11) is 1.51. The summed E-state index contributed by atoms with van der Waals surface area (Å²) in [5, 5.41) is 15.9. The highest BCUT2D eigenvalue weighted by molar-refractivity contribution is 7.20.